The molecule has 0 saturated carbocycles. The fraction of sp³-hybridized carbons (Fsp3) is 0.0625. The van der Waals surface area contributed by atoms with E-state index in [1.807, 2.05) is 0 Å². The Kier molecular flexibility index (Phi) is 4.60. The van der Waals surface area contributed by atoms with Crippen LogP contribution in [0.5, 0.6) is 0 Å². The van der Waals surface area contributed by atoms with Crippen LogP contribution in [0, 0.1) is 0 Å². The molecule has 3 rings (SSSR count). The van der Waals surface area contributed by atoms with Crippen LogP contribution in [0.15, 0.2) is 55.1 Å². The molecule has 0 atom stereocenters. The van der Waals surface area contributed by atoms with Crippen LogP contribution in [0.4, 0.5) is 0 Å². The Balaban J connectivity index is 1.65. The first-order valence-corrected chi connectivity index (χ1v) is 7.45. The first-order chi connectivity index (χ1) is 11.1. The molecule has 7 heteroatoms. The summed E-state index contributed by atoms with van der Waals surface area (Å²) in [5, 5.41) is 4.91. The number of rotatable bonds is 4. The van der Waals surface area contributed by atoms with Gasteiger partial charge in [0, 0.05) is 0 Å². The summed E-state index contributed by atoms with van der Waals surface area (Å²) in [6, 6.07) is 12.0. The Morgan fingerprint density at radius 2 is 1.87 bits per heavy atom. The third kappa shape index (κ3) is 3.70. The average Bonchev–Trinajstić information content (AvgIpc) is 3.10. The van der Waals surface area contributed by atoms with Crippen molar-refractivity contribution in [2.45, 2.75) is 6.61 Å². The van der Waals surface area contributed by atoms with Crippen molar-refractivity contribution in [1.29, 1.82) is 0 Å². The Bertz CT molecular complexity index is 818. The van der Waals surface area contributed by atoms with Crippen molar-refractivity contribution in [2.24, 2.45) is 0 Å². The van der Waals surface area contributed by atoms with Gasteiger partial charge in [-0.25, -0.2) is 14.5 Å². The Labute approximate surface area is 142 Å². The molecule has 2 aromatic carbocycles. The lowest BCUT2D eigenvalue weighted by Gasteiger charge is -2.07. The molecule has 116 valence electrons. The van der Waals surface area contributed by atoms with E-state index in [1.54, 1.807) is 53.5 Å². The van der Waals surface area contributed by atoms with Crippen LogP contribution in [0.2, 0.25) is 10.0 Å². The van der Waals surface area contributed by atoms with Gasteiger partial charge in [0.25, 0.3) is 0 Å². The molecule has 0 radical (unpaired) electrons. The van der Waals surface area contributed by atoms with E-state index in [0.29, 0.717) is 15.6 Å². The van der Waals surface area contributed by atoms with Crippen LogP contribution in [0.1, 0.15) is 15.9 Å². The molecule has 0 bridgehead atoms. The van der Waals surface area contributed by atoms with E-state index in [-0.39, 0.29) is 6.61 Å². The first kappa shape index (κ1) is 15.5. The van der Waals surface area contributed by atoms with E-state index in [9.17, 15) is 4.79 Å². The van der Waals surface area contributed by atoms with Crippen molar-refractivity contribution in [2.75, 3.05) is 0 Å². The largest absolute Gasteiger partial charge is 0.457 e. The number of esters is 1. The van der Waals surface area contributed by atoms with Crippen LogP contribution in [0.3, 0.4) is 0 Å². The Hall–Kier alpha value is -2.37. The highest BCUT2D eigenvalue weighted by Gasteiger charge is 2.09. The number of hydrogen-bond acceptors (Lipinski definition) is 4. The standard InChI is InChI=1S/C16H11Cl2N3O2/c17-14-6-1-11(7-15(14)18)8-23-16(22)12-2-4-13(5-3-12)21-10-19-9-20-21/h1-7,9-10H,8H2. The highest BCUT2D eigenvalue weighted by Crippen LogP contribution is 2.23. The summed E-state index contributed by atoms with van der Waals surface area (Å²) in [5.41, 5.74) is 2.03. The summed E-state index contributed by atoms with van der Waals surface area (Å²) in [5.74, 6) is -0.416. The highest BCUT2D eigenvalue weighted by atomic mass is 35.5. The molecule has 0 aliphatic rings. The Morgan fingerprint density at radius 3 is 2.52 bits per heavy atom. The second-order valence-electron chi connectivity index (χ2n) is 4.71. The summed E-state index contributed by atoms with van der Waals surface area (Å²) >= 11 is 11.8. The van der Waals surface area contributed by atoms with E-state index in [4.69, 9.17) is 27.9 Å². The summed E-state index contributed by atoms with van der Waals surface area (Å²) in [4.78, 5) is 15.9. The molecule has 0 N–H and O–H groups in total. The number of hydrogen-bond donors (Lipinski definition) is 0. The fourth-order valence-electron chi connectivity index (χ4n) is 1.95. The molecule has 0 amide bonds. The topological polar surface area (TPSA) is 57.0 Å². The van der Waals surface area contributed by atoms with Gasteiger partial charge < -0.3 is 4.74 Å². The van der Waals surface area contributed by atoms with Gasteiger partial charge in [0.2, 0.25) is 0 Å². The van der Waals surface area contributed by atoms with E-state index < -0.39 is 5.97 Å². The van der Waals surface area contributed by atoms with E-state index in [0.717, 1.165) is 11.3 Å². The van der Waals surface area contributed by atoms with Gasteiger partial charge in [-0.2, -0.15) is 5.10 Å². The van der Waals surface area contributed by atoms with Gasteiger partial charge in [0.05, 0.1) is 21.3 Å². The zero-order valence-electron chi connectivity index (χ0n) is 11.8. The first-order valence-electron chi connectivity index (χ1n) is 6.69. The second-order valence-corrected chi connectivity index (χ2v) is 5.53. The molecule has 0 spiro atoms. The number of nitrogens with zero attached hydrogens (tertiary/aromatic N) is 3. The number of ether oxygens (including phenoxy) is 1. The van der Waals surface area contributed by atoms with Gasteiger partial charge in [-0.1, -0.05) is 29.3 Å². The third-order valence-corrected chi connectivity index (χ3v) is 3.88. The molecule has 5 nitrogen and oxygen atoms in total. The lowest BCUT2D eigenvalue weighted by Crippen LogP contribution is -2.05. The second kappa shape index (κ2) is 6.81. The van der Waals surface area contributed by atoms with Crippen LogP contribution < -0.4 is 0 Å². The number of halogens is 2. The van der Waals surface area contributed by atoms with Crippen molar-refractivity contribution in [1.82, 2.24) is 14.8 Å². The highest BCUT2D eigenvalue weighted by molar-refractivity contribution is 6.42. The zero-order valence-corrected chi connectivity index (χ0v) is 13.3. The molecule has 3 aromatic rings. The lowest BCUT2D eigenvalue weighted by molar-refractivity contribution is 0.0472. The molecule has 23 heavy (non-hydrogen) atoms. The number of carbonyl (C=O) groups excluding carboxylic acids is 1. The van der Waals surface area contributed by atoms with Gasteiger partial charge in [-0.3, -0.25) is 0 Å². The third-order valence-electron chi connectivity index (χ3n) is 3.14. The van der Waals surface area contributed by atoms with Crippen molar-refractivity contribution >= 4 is 29.2 Å². The maximum Gasteiger partial charge on any atom is 0.338 e. The molecule has 0 aliphatic heterocycles. The minimum Gasteiger partial charge on any atom is -0.457 e. The SMILES string of the molecule is O=C(OCc1ccc(Cl)c(Cl)c1)c1ccc(-n2cncn2)cc1. The van der Waals surface area contributed by atoms with Crippen LogP contribution in [-0.2, 0) is 11.3 Å². The van der Waals surface area contributed by atoms with Crippen molar-refractivity contribution in [3.8, 4) is 5.69 Å². The fourth-order valence-corrected chi connectivity index (χ4v) is 2.27. The lowest BCUT2D eigenvalue weighted by atomic mass is 10.2. The molecule has 1 heterocycles. The maximum absolute atomic E-state index is 12.1. The number of benzene rings is 2. The van der Waals surface area contributed by atoms with Crippen LogP contribution in [-0.4, -0.2) is 20.7 Å². The molecule has 0 unspecified atom stereocenters. The Morgan fingerprint density at radius 1 is 1.09 bits per heavy atom. The summed E-state index contributed by atoms with van der Waals surface area (Å²) in [6.07, 6.45) is 3.02. The number of aromatic nitrogens is 3. The van der Waals surface area contributed by atoms with E-state index in [1.165, 1.54) is 6.33 Å². The smallest absolute Gasteiger partial charge is 0.338 e. The van der Waals surface area contributed by atoms with Gasteiger partial charge in [-0.15, -0.1) is 0 Å². The van der Waals surface area contributed by atoms with Gasteiger partial charge in [0.15, 0.2) is 0 Å². The summed E-state index contributed by atoms with van der Waals surface area (Å²) in [6.45, 7) is 0.126. The summed E-state index contributed by atoms with van der Waals surface area (Å²) in [7, 11) is 0. The van der Waals surface area contributed by atoms with Gasteiger partial charge >= 0.3 is 5.97 Å². The van der Waals surface area contributed by atoms with E-state index >= 15 is 0 Å². The van der Waals surface area contributed by atoms with Crippen molar-refractivity contribution in [3.63, 3.8) is 0 Å². The molecule has 0 fully saturated rings. The van der Waals surface area contributed by atoms with Crippen LogP contribution in [0.25, 0.3) is 5.69 Å². The quantitative estimate of drug-likeness (QED) is 0.671. The molecule has 1 aromatic heterocycles. The maximum atomic E-state index is 12.1. The molecule has 0 saturated heterocycles. The molecular weight excluding hydrogens is 337 g/mol. The van der Waals surface area contributed by atoms with Gasteiger partial charge in [0.1, 0.15) is 19.3 Å². The molecular formula is C16H11Cl2N3O2. The van der Waals surface area contributed by atoms with Crippen molar-refractivity contribution in [3.05, 3.63) is 76.3 Å². The van der Waals surface area contributed by atoms with Crippen LogP contribution >= 0.6 is 23.2 Å². The minimum atomic E-state index is -0.416. The predicted octanol–water partition coefficient (Wildman–Crippen LogP) is 3.93. The normalized spacial score (nSPS) is 10.5. The predicted molar refractivity (Wildman–Crippen MR) is 86.9 cm³/mol. The zero-order chi connectivity index (χ0) is 16.2. The van der Waals surface area contributed by atoms with Crippen molar-refractivity contribution < 1.29 is 9.53 Å². The minimum absolute atomic E-state index is 0.126. The summed E-state index contributed by atoms with van der Waals surface area (Å²) < 4.78 is 6.87. The average molecular weight is 348 g/mol. The monoisotopic (exact) mass is 347 g/mol. The van der Waals surface area contributed by atoms with Gasteiger partial charge in [-0.05, 0) is 42.0 Å². The molecule has 0 aliphatic carbocycles. The number of carbonyl (C=O) groups is 1. The van der Waals surface area contributed by atoms with E-state index in [2.05, 4.69) is 10.1 Å².